The minimum atomic E-state index is -4.78. The third kappa shape index (κ3) is 2.16. The summed E-state index contributed by atoms with van der Waals surface area (Å²) in [4.78, 5) is 25.3. The molecule has 6 nitrogen and oxygen atoms in total. The second kappa shape index (κ2) is 5.65. The summed E-state index contributed by atoms with van der Waals surface area (Å²) in [6.45, 7) is 0.207. The normalized spacial score (nSPS) is 33.4. The second-order valence-corrected chi connectivity index (χ2v) is 8.50. The third-order valence-electron chi connectivity index (χ3n) is 5.59. The van der Waals surface area contributed by atoms with Gasteiger partial charge in [-0.15, -0.1) is 0 Å². The van der Waals surface area contributed by atoms with E-state index in [-0.39, 0.29) is 18.5 Å². The lowest BCUT2D eigenvalue weighted by Crippen LogP contribution is -2.56. The molecule has 2 saturated heterocycles. The molecular weight excluding hydrogens is 487 g/mol. The first-order chi connectivity index (χ1) is 12.1. The van der Waals surface area contributed by atoms with Gasteiger partial charge in [0.05, 0.1) is 5.69 Å². The number of alkyl halides is 3. The van der Waals surface area contributed by atoms with Crippen LogP contribution in [0.15, 0.2) is 21.1 Å². The van der Waals surface area contributed by atoms with Crippen molar-refractivity contribution >= 4 is 43.5 Å². The quantitative estimate of drug-likeness (QED) is 0.473. The number of amides is 1. The van der Waals surface area contributed by atoms with E-state index in [4.69, 9.17) is 0 Å². The molecular formula is C15H12Br2F3N3O3. The summed E-state index contributed by atoms with van der Waals surface area (Å²) in [5.74, 6) is -2.97. The zero-order chi connectivity index (χ0) is 19.0. The van der Waals surface area contributed by atoms with E-state index in [1.54, 1.807) is 6.07 Å². The summed E-state index contributed by atoms with van der Waals surface area (Å²) in [6, 6.07) is -0.0466. The molecule has 4 atom stereocenters. The number of anilines is 1. The molecule has 4 rings (SSSR count). The number of hydrogen-bond donors (Lipinski definition) is 1. The van der Waals surface area contributed by atoms with E-state index >= 15 is 0 Å². The highest BCUT2D eigenvalue weighted by atomic mass is 79.9. The van der Waals surface area contributed by atoms with E-state index in [1.165, 1.54) is 11.0 Å². The van der Waals surface area contributed by atoms with Gasteiger partial charge in [-0.2, -0.15) is 13.2 Å². The van der Waals surface area contributed by atoms with E-state index in [2.05, 4.69) is 37.2 Å². The summed E-state index contributed by atoms with van der Waals surface area (Å²) < 4.78 is 42.5. The molecule has 1 spiro atoms. The third-order valence-corrected chi connectivity index (χ3v) is 6.67. The van der Waals surface area contributed by atoms with Crippen LogP contribution in [-0.4, -0.2) is 40.5 Å². The van der Waals surface area contributed by atoms with Gasteiger partial charge in [-0.25, -0.2) is 0 Å². The molecule has 3 aliphatic rings. The van der Waals surface area contributed by atoms with Gasteiger partial charge in [-0.3, -0.25) is 19.8 Å². The number of carbonyl (C=O) groups is 1. The van der Waals surface area contributed by atoms with Crippen LogP contribution in [-0.2, 0) is 10.3 Å². The van der Waals surface area contributed by atoms with Crippen molar-refractivity contribution in [1.29, 1.82) is 0 Å². The Morgan fingerprint density at radius 2 is 2.04 bits per heavy atom. The number of carbonyl (C=O) groups excluding carboxylic acids is 1. The molecule has 1 aromatic carbocycles. The summed E-state index contributed by atoms with van der Waals surface area (Å²) in [7, 11) is 0. The fourth-order valence-corrected chi connectivity index (χ4v) is 6.16. The van der Waals surface area contributed by atoms with Gasteiger partial charge in [0.1, 0.15) is 5.92 Å². The molecule has 0 radical (unpaired) electrons. The number of nitro groups is 1. The molecule has 26 heavy (non-hydrogen) atoms. The minimum absolute atomic E-state index is 0.175. The molecule has 11 heteroatoms. The zero-order valence-corrected chi connectivity index (χ0v) is 16.2. The fourth-order valence-electron chi connectivity index (χ4n) is 4.84. The van der Waals surface area contributed by atoms with Gasteiger partial charge >= 0.3 is 6.18 Å². The van der Waals surface area contributed by atoms with Crippen molar-refractivity contribution in [3.8, 4) is 0 Å². The van der Waals surface area contributed by atoms with Crippen molar-refractivity contribution in [2.45, 2.75) is 36.6 Å². The van der Waals surface area contributed by atoms with Crippen LogP contribution in [0, 0.1) is 16.0 Å². The largest absolute Gasteiger partial charge is 0.400 e. The number of halogens is 5. The molecule has 3 heterocycles. The van der Waals surface area contributed by atoms with E-state index in [9.17, 15) is 28.1 Å². The molecule has 0 saturated carbocycles. The Hall–Kier alpha value is -1.20. The molecule has 140 valence electrons. The Bertz CT molecular complexity index is 834. The number of nitrogens with one attached hydrogen (secondary N) is 1. The smallest absolute Gasteiger partial charge is 0.323 e. The molecule has 0 aromatic heterocycles. The van der Waals surface area contributed by atoms with Gasteiger partial charge < -0.3 is 5.32 Å². The first-order valence-electron chi connectivity index (χ1n) is 7.88. The average molecular weight is 499 g/mol. The predicted octanol–water partition coefficient (Wildman–Crippen LogP) is 3.66. The first kappa shape index (κ1) is 18.2. The van der Waals surface area contributed by atoms with Crippen LogP contribution in [0.25, 0.3) is 0 Å². The van der Waals surface area contributed by atoms with Crippen LogP contribution in [0.1, 0.15) is 18.4 Å². The Labute approximate surface area is 162 Å². The Morgan fingerprint density at radius 1 is 1.35 bits per heavy atom. The van der Waals surface area contributed by atoms with E-state index in [0.717, 1.165) is 0 Å². The highest BCUT2D eigenvalue weighted by Gasteiger charge is 2.78. The van der Waals surface area contributed by atoms with Crippen molar-refractivity contribution in [2.75, 3.05) is 11.9 Å². The lowest BCUT2D eigenvalue weighted by atomic mass is 9.79. The molecule has 3 aliphatic heterocycles. The van der Waals surface area contributed by atoms with E-state index in [0.29, 0.717) is 21.1 Å². The molecule has 2 fully saturated rings. The maximum atomic E-state index is 13.8. The Balaban J connectivity index is 2.03. The highest BCUT2D eigenvalue weighted by Crippen LogP contribution is 2.59. The summed E-state index contributed by atoms with van der Waals surface area (Å²) >= 11 is 6.56. The molecule has 1 aromatic rings. The van der Waals surface area contributed by atoms with E-state index < -0.39 is 40.5 Å². The second-order valence-electron chi connectivity index (χ2n) is 6.73. The Kier molecular flexibility index (Phi) is 3.95. The van der Waals surface area contributed by atoms with Crippen molar-refractivity contribution < 1.29 is 22.9 Å². The topological polar surface area (TPSA) is 75.5 Å². The Morgan fingerprint density at radius 3 is 2.65 bits per heavy atom. The maximum absolute atomic E-state index is 13.8. The molecule has 0 bridgehead atoms. The number of hydrogen-bond acceptors (Lipinski definition) is 4. The average Bonchev–Trinajstić information content (AvgIpc) is 3.13. The van der Waals surface area contributed by atoms with Crippen molar-refractivity contribution in [2.24, 2.45) is 5.92 Å². The van der Waals surface area contributed by atoms with Crippen LogP contribution in [0.4, 0.5) is 18.9 Å². The van der Waals surface area contributed by atoms with Crippen LogP contribution in [0.2, 0.25) is 0 Å². The van der Waals surface area contributed by atoms with E-state index in [1.807, 2.05) is 0 Å². The fraction of sp³-hybridized carbons (Fsp3) is 0.533. The standard InChI is InChI=1S/C15H12Br2F3N3O3/c16-6-4-7-11(8(17)5-6)21-13(24)14(7)12(23(25)26)10(15(18,19)20)9-2-1-3-22(9)14/h4-5,9-10,12H,1-3H2,(H,21,24)/t9-,10-,12+,14+/m0/s1. The van der Waals surface area contributed by atoms with Crippen LogP contribution >= 0.6 is 31.9 Å². The van der Waals surface area contributed by atoms with Gasteiger partial charge in [0, 0.05) is 32.0 Å². The lowest BCUT2D eigenvalue weighted by Gasteiger charge is -2.33. The van der Waals surface area contributed by atoms with Gasteiger partial charge in [-0.1, -0.05) is 15.9 Å². The number of benzene rings is 1. The van der Waals surface area contributed by atoms with Crippen molar-refractivity contribution in [1.82, 2.24) is 4.90 Å². The van der Waals surface area contributed by atoms with Crippen LogP contribution in [0.3, 0.4) is 0 Å². The number of fused-ring (bicyclic) bond motifs is 4. The van der Waals surface area contributed by atoms with Crippen LogP contribution in [0.5, 0.6) is 0 Å². The molecule has 0 aliphatic carbocycles. The maximum Gasteiger partial charge on any atom is 0.400 e. The summed E-state index contributed by atoms with van der Waals surface area (Å²) in [5, 5.41) is 14.4. The van der Waals surface area contributed by atoms with Crippen LogP contribution < -0.4 is 5.32 Å². The molecule has 0 unspecified atom stereocenters. The lowest BCUT2D eigenvalue weighted by molar-refractivity contribution is -0.547. The molecule has 1 N–H and O–H groups in total. The van der Waals surface area contributed by atoms with Gasteiger partial charge in [-0.05, 0) is 40.9 Å². The van der Waals surface area contributed by atoms with Crippen molar-refractivity contribution in [3.05, 3.63) is 36.8 Å². The van der Waals surface area contributed by atoms with Gasteiger partial charge in [0.15, 0.2) is 5.54 Å². The SMILES string of the molecule is O=C1Nc2c(Br)cc(Br)cc2[C@@]12[C@H]([N+](=O)[O-])[C@@H](C(F)(F)F)[C@@H]1CCCN12. The minimum Gasteiger partial charge on any atom is -0.323 e. The highest BCUT2D eigenvalue weighted by molar-refractivity contribution is 9.11. The summed E-state index contributed by atoms with van der Waals surface area (Å²) in [5.41, 5.74) is -1.46. The van der Waals surface area contributed by atoms with Crippen molar-refractivity contribution in [3.63, 3.8) is 0 Å². The predicted molar refractivity (Wildman–Crippen MR) is 92.2 cm³/mol. The van der Waals surface area contributed by atoms with Gasteiger partial charge in [0.25, 0.3) is 11.9 Å². The molecule has 1 amide bonds. The number of nitrogens with zero attached hydrogens (tertiary/aromatic N) is 2. The first-order valence-corrected chi connectivity index (χ1v) is 9.46. The monoisotopic (exact) mass is 497 g/mol. The zero-order valence-electron chi connectivity index (χ0n) is 13.0. The van der Waals surface area contributed by atoms with Gasteiger partial charge in [0.2, 0.25) is 0 Å². The number of rotatable bonds is 1. The summed E-state index contributed by atoms with van der Waals surface area (Å²) in [6.07, 6.45) is -4.14.